The van der Waals surface area contributed by atoms with Crippen molar-refractivity contribution in [1.29, 1.82) is 0 Å². The number of nitrogens with one attached hydrogen (secondary N) is 2. The summed E-state index contributed by atoms with van der Waals surface area (Å²) in [6, 6.07) is 14.7. The third-order valence-electron chi connectivity index (χ3n) is 5.09. The fourth-order valence-electron chi connectivity index (χ4n) is 3.43. The molecule has 0 saturated carbocycles. The van der Waals surface area contributed by atoms with Crippen molar-refractivity contribution < 1.29 is 19.1 Å². The number of ether oxygens (including phenoxy) is 2. The van der Waals surface area contributed by atoms with Gasteiger partial charge < -0.3 is 20.1 Å². The molecule has 3 aromatic rings. The predicted molar refractivity (Wildman–Crippen MR) is 123 cm³/mol. The standard InChI is InChI=1S/C23H24N4O4S/c1-30-17-8-16(9-18(10-17)31-2)23(29)25-22-19-13-32-14-20(19)26-27(22)12-21(28)24-11-15-6-4-3-5-7-15/h3-10H,11-14H2,1-2H3,(H,24,28)(H,25,29). The fraction of sp³-hybridized carbons (Fsp3) is 0.261. The number of amides is 2. The summed E-state index contributed by atoms with van der Waals surface area (Å²) in [6.45, 7) is 0.448. The molecule has 2 amide bonds. The van der Waals surface area contributed by atoms with E-state index in [-0.39, 0.29) is 18.4 Å². The molecule has 166 valence electrons. The van der Waals surface area contributed by atoms with Gasteiger partial charge in [0, 0.05) is 35.2 Å². The highest BCUT2D eigenvalue weighted by atomic mass is 32.2. The van der Waals surface area contributed by atoms with E-state index >= 15 is 0 Å². The molecule has 9 heteroatoms. The van der Waals surface area contributed by atoms with E-state index in [1.807, 2.05) is 30.3 Å². The van der Waals surface area contributed by atoms with Gasteiger partial charge in [0.25, 0.3) is 5.91 Å². The fourth-order valence-corrected chi connectivity index (χ4v) is 4.46. The Balaban J connectivity index is 1.51. The highest BCUT2D eigenvalue weighted by molar-refractivity contribution is 7.98. The number of thioether (sulfide) groups is 1. The third-order valence-corrected chi connectivity index (χ3v) is 6.06. The van der Waals surface area contributed by atoms with Gasteiger partial charge in [-0.3, -0.25) is 9.59 Å². The van der Waals surface area contributed by atoms with Gasteiger partial charge in [-0.1, -0.05) is 30.3 Å². The minimum Gasteiger partial charge on any atom is -0.497 e. The quantitative estimate of drug-likeness (QED) is 0.545. The zero-order valence-corrected chi connectivity index (χ0v) is 18.7. The van der Waals surface area contributed by atoms with E-state index in [0.29, 0.717) is 29.4 Å². The maximum atomic E-state index is 13.0. The molecule has 2 N–H and O–H groups in total. The molecule has 0 unspecified atom stereocenters. The molecule has 0 radical (unpaired) electrons. The predicted octanol–water partition coefficient (Wildman–Crippen LogP) is 3.22. The second-order valence-electron chi connectivity index (χ2n) is 7.24. The van der Waals surface area contributed by atoms with Crippen LogP contribution in [0.4, 0.5) is 5.82 Å². The minimum absolute atomic E-state index is 0.0154. The topological polar surface area (TPSA) is 94.5 Å². The number of methoxy groups -OCH3 is 2. The van der Waals surface area contributed by atoms with Crippen LogP contribution in [-0.2, 0) is 29.4 Å². The van der Waals surface area contributed by atoms with Crippen LogP contribution in [-0.4, -0.2) is 35.8 Å². The van der Waals surface area contributed by atoms with Crippen molar-refractivity contribution in [2.24, 2.45) is 0 Å². The van der Waals surface area contributed by atoms with Crippen molar-refractivity contribution in [1.82, 2.24) is 15.1 Å². The molecule has 8 nitrogen and oxygen atoms in total. The van der Waals surface area contributed by atoms with Crippen LogP contribution < -0.4 is 20.1 Å². The molecule has 0 bridgehead atoms. The molecular weight excluding hydrogens is 428 g/mol. The van der Waals surface area contributed by atoms with E-state index in [9.17, 15) is 9.59 Å². The van der Waals surface area contributed by atoms with Gasteiger partial charge in [-0.2, -0.15) is 16.9 Å². The van der Waals surface area contributed by atoms with E-state index in [1.54, 1.807) is 34.6 Å². The van der Waals surface area contributed by atoms with Crippen LogP contribution in [0.5, 0.6) is 11.5 Å². The lowest BCUT2D eigenvalue weighted by atomic mass is 10.2. The first kappa shape index (κ1) is 21.8. The van der Waals surface area contributed by atoms with Gasteiger partial charge in [0.2, 0.25) is 5.91 Å². The Kier molecular flexibility index (Phi) is 6.65. The Hall–Kier alpha value is -3.46. The van der Waals surface area contributed by atoms with Gasteiger partial charge in [-0.15, -0.1) is 0 Å². The van der Waals surface area contributed by atoms with Gasteiger partial charge in [0.1, 0.15) is 23.9 Å². The Morgan fingerprint density at radius 3 is 2.47 bits per heavy atom. The molecule has 0 spiro atoms. The number of fused-ring (bicyclic) bond motifs is 1. The molecule has 0 atom stereocenters. The maximum absolute atomic E-state index is 13.0. The number of anilines is 1. The van der Waals surface area contributed by atoms with Crippen molar-refractivity contribution in [3.8, 4) is 11.5 Å². The second-order valence-corrected chi connectivity index (χ2v) is 8.23. The largest absolute Gasteiger partial charge is 0.497 e. The summed E-state index contributed by atoms with van der Waals surface area (Å²) in [5, 5.41) is 10.4. The van der Waals surface area contributed by atoms with Crippen molar-refractivity contribution in [3.05, 3.63) is 70.9 Å². The van der Waals surface area contributed by atoms with Crippen molar-refractivity contribution >= 4 is 29.4 Å². The van der Waals surface area contributed by atoms with Crippen LogP contribution in [0.15, 0.2) is 48.5 Å². The van der Waals surface area contributed by atoms with Gasteiger partial charge in [-0.25, -0.2) is 4.68 Å². The van der Waals surface area contributed by atoms with E-state index < -0.39 is 0 Å². The van der Waals surface area contributed by atoms with Gasteiger partial charge in [0.05, 0.1) is 19.9 Å². The van der Waals surface area contributed by atoms with Crippen LogP contribution in [0.1, 0.15) is 27.2 Å². The van der Waals surface area contributed by atoms with E-state index in [4.69, 9.17) is 9.47 Å². The molecule has 2 heterocycles. The second kappa shape index (κ2) is 9.78. The molecular formula is C23H24N4O4S. The number of carbonyl (C=O) groups excluding carboxylic acids is 2. The molecule has 1 aliphatic rings. The average Bonchev–Trinajstić information content (AvgIpc) is 3.40. The zero-order chi connectivity index (χ0) is 22.5. The Labute approximate surface area is 190 Å². The Morgan fingerprint density at radius 1 is 1.06 bits per heavy atom. The number of rotatable bonds is 8. The van der Waals surface area contributed by atoms with Crippen LogP contribution in [0.25, 0.3) is 0 Å². The first-order valence-corrected chi connectivity index (χ1v) is 11.2. The van der Waals surface area contributed by atoms with E-state index in [1.165, 1.54) is 14.2 Å². The minimum atomic E-state index is -0.326. The molecule has 0 aliphatic carbocycles. The Morgan fingerprint density at radius 2 is 1.78 bits per heavy atom. The number of hydrogen-bond acceptors (Lipinski definition) is 6. The van der Waals surface area contributed by atoms with Gasteiger partial charge >= 0.3 is 0 Å². The summed E-state index contributed by atoms with van der Waals surface area (Å²) < 4.78 is 12.1. The normalized spacial score (nSPS) is 12.2. The highest BCUT2D eigenvalue weighted by Gasteiger charge is 2.25. The zero-order valence-electron chi connectivity index (χ0n) is 17.9. The summed E-state index contributed by atoms with van der Waals surface area (Å²) >= 11 is 1.73. The first-order chi connectivity index (χ1) is 15.6. The van der Waals surface area contributed by atoms with Gasteiger partial charge in [-0.05, 0) is 17.7 Å². The average molecular weight is 453 g/mol. The Bertz CT molecular complexity index is 1110. The number of hydrogen-bond donors (Lipinski definition) is 2. The lowest BCUT2D eigenvalue weighted by Crippen LogP contribution is -2.28. The van der Waals surface area contributed by atoms with Crippen LogP contribution in [0.3, 0.4) is 0 Å². The molecule has 1 aromatic heterocycles. The van der Waals surface area contributed by atoms with Crippen molar-refractivity contribution in [2.75, 3.05) is 19.5 Å². The summed E-state index contributed by atoms with van der Waals surface area (Å²) in [5.41, 5.74) is 3.25. The van der Waals surface area contributed by atoms with Crippen LogP contribution in [0, 0.1) is 0 Å². The lowest BCUT2D eigenvalue weighted by molar-refractivity contribution is -0.122. The number of carbonyl (C=O) groups is 2. The van der Waals surface area contributed by atoms with Gasteiger partial charge in [0.15, 0.2) is 0 Å². The van der Waals surface area contributed by atoms with Crippen LogP contribution >= 0.6 is 11.8 Å². The summed E-state index contributed by atoms with van der Waals surface area (Å²) in [5.74, 6) is 2.57. The first-order valence-electron chi connectivity index (χ1n) is 10.1. The number of nitrogens with zero attached hydrogens (tertiary/aromatic N) is 2. The van der Waals surface area contributed by atoms with Crippen LogP contribution in [0.2, 0.25) is 0 Å². The molecule has 32 heavy (non-hydrogen) atoms. The molecule has 0 fully saturated rings. The van der Waals surface area contributed by atoms with Crippen molar-refractivity contribution in [2.45, 2.75) is 24.6 Å². The molecule has 2 aromatic carbocycles. The smallest absolute Gasteiger partial charge is 0.257 e. The molecule has 4 rings (SSSR count). The molecule has 0 saturated heterocycles. The highest BCUT2D eigenvalue weighted by Crippen LogP contribution is 2.35. The monoisotopic (exact) mass is 452 g/mol. The summed E-state index contributed by atoms with van der Waals surface area (Å²) in [4.78, 5) is 25.6. The van der Waals surface area contributed by atoms with E-state index in [0.717, 1.165) is 28.3 Å². The maximum Gasteiger partial charge on any atom is 0.257 e. The lowest BCUT2D eigenvalue weighted by Gasteiger charge is -2.13. The molecule has 1 aliphatic heterocycles. The van der Waals surface area contributed by atoms with E-state index in [2.05, 4.69) is 15.7 Å². The summed E-state index contributed by atoms with van der Waals surface area (Å²) in [6.07, 6.45) is 0. The number of benzene rings is 2. The van der Waals surface area contributed by atoms with Crippen molar-refractivity contribution in [3.63, 3.8) is 0 Å². The number of aromatic nitrogens is 2. The summed E-state index contributed by atoms with van der Waals surface area (Å²) in [7, 11) is 3.06. The third kappa shape index (κ3) is 4.88. The SMILES string of the molecule is COc1cc(OC)cc(C(=O)Nc2c3c(nn2CC(=O)NCc2ccccc2)CSC3)c1.